The van der Waals surface area contributed by atoms with E-state index >= 15 is 0 Å². The van der Waals surface area contributed by atoms with Crippen LogP contribution in [0.4, 0.5) is 11.4 Å². The van der Waals surface area contributed by atoms with Crippen LogP contribution in [0.2, 0.25) is 0 Å². The van der Waals surface area contributed by atoms with Gasteiger partial charge in [-0.15, -0.1) is 10.2 Å². The lowest BCUT2D eigenvalue weighted by atomic mass is 10.2. The molecule has 1 amide bonds. The number of anilines is 2. The van der Waals surface area contributed by atoms with Gasteiger partial charge in [0, 0.05) is 39.1 Å². The number of nitrogens with zero attached hydrogens (tertiary/aromatic N) is 4. The maximum absolute atomic E-state index is 12.0. The van der Waals surface area contributed by atoms with Crippen molar-refractivity contribution in [1.29, 1.82) is 0 Å². The third-order valence-corrected chi connectivity index (χ3v) is 4.10. The summed E-state index contributed by atoms with van der Waals surface area (Å²) in [6, 6.07) is 7.70. The Morgan fingerprint density at radius 1 is 1.35 bits per heavy atom. The number of hydrogen-bond acceptors (Lipinski definition) is 6. The van der Waals surface area contributed by atoms with E-state index in [-0.39, 0.29) is 11.7 Å². The largest absolute Gasteiger partial charge is 0.383 e. The van der Waals surface area contributed by atoms with Gasteiger partial charge < -0.3 is 19.5 Å². The smallest absolute Gasteiger partial charge is 0.234 e. The van der Waals surface area contributed by atoms with Gasteiger partial charge in [-0.05, 0) is 24.3 Å². The van der Waals surface area contributed by atoms with E-state index in [9.17, 15) is 4.79 Å². The van der Waals surface area contributed by atoms with Crippen LogP contribution in [0, 0.1) is 0 Å². The van der Waals surface area contributed by atoms with Crippen LogP contribution in [0.5, 0.6) is 0 Å². The molecule has 0 aliphatic rings. The average molecular weight is 335 g/mol. The van der Waals surface area contributed by atoms with Gasteiger partial charge in [-0.3, -0.25) is 4.79 Å². The van der Waals surface area contributed by atoms with Gasteiger partial charge in [0.05, 0.1) is 12.4 Å². The first kappa shape index (κ1) is 17.3. The quantitative estimate of drug-likeness (QED) is 0.741. The van der Waals surface area contributed by atoms with Gasteiger partial charge >= 0.3 is 0 Å². The van der Waals surface area contributed by atoms with Gasteiger partial charge in [-0.25, -0.2) is 0 Å². The molecule has 0 unspecified atom stereocenters. The third kappa shape index (κ3) is 5.26. The van der Waals surface area contributed by atoms with E-state index in [1.165, 1.54) is 11.8 Å². The summed E-state index contributed by atoms with van der Waals surface area (Å²) < 4.78 is 6.90. The molecule has 0 saturated heterocycles. The lowest BCUT2D eigenvalue weighted by Gasteiger charge is -2.13. The summed E-state index contributed by atoms with van der Waals surface area (Å²) in [5.74, 6) is 0.204. The second kappa shape index (κ2) is 8.54. The van der Waals surface area contributed by atoms with Gasteiger partial charge in [0.2, 0.25) is 5.91 Å². The standard InChI is InChI=1S/C15H21N5O2S/c1-19(2)13-6-4-12(5-7-13)17-14(21)10-23-15-18-16-11-20(15)8-9-22-3/h4-7,11H,8-10H2,1-3H3,(H,17,21). The van der Waals surface area contributed by atoms with E-state index in [4.69, 9.17) is 4.74 Å². The van der Waals surface area contributed by atoms with Crippen LogP contribution in [-0.2, 0) is 16.1 Å². The zero-order valence-electron chi connectivity index (χ0n) is 13.5. The molecule has 7 nitrogen and oxygen atoms in total. The highest BCUT2D eigenvalue weighted by molar-refractivity contribution is 7.99. The minimum Gasteiger partial charge on any atom is -0.383 e. The molecule has 2 aromatic rings. The molecule has 0 saturated carbocycles. The second-order valence-electron chi connectivity index (χ2n) is 5.08. The fourth-order valence-corrected chi connectivity index (χ4v) is 2.61. The van der Waals surface area contributed by atoms with E-state index in [0.717, 1.165) is 11.4 Å². The zero-order valence-corrected chi connectivity index (χ0v) is 14.3. The van der Waals surface area contributed by atoms with Crippen molar-refractivity contribution >= 4 is 29.0 Å². The van der Waals surface area contributed by atoms with Crippen LogP contribution < -0.4 is 10.2 Å². The number of hydrogen-bond donors (Lipinski definition) is 1. The first-order chi connectivity index (χ1) is 11.1. The first-order valence-electron chi connectivity index (χ1n) is 7.17. The normalized spacial score (nSPS) is 10.6. The van der Waals surface area contributed by atoms with Crippen molar-refractivity contribution in [3.8, 4) is 0 Å². The van der Waals surface area contributed by atoms with Crippen molar-refractivity contribution in [3.05, 3.63) is 30.6 Å². The predicted octanol–water partition coefficient (Wildman–Crippen LogP) is 1.72. The molecule has 8 heteroatoms. The summed E-state index contributed by atoms with van der Waals surface area (Å²) in [5, 5.41) is 11.5. The van der Waals surface area contributed by atoms with Crippen molar-refractivity contribution in [2.45, 2.75) is 11.7 Å². The number of rotatable bonds is 8. The maximum atomic E-state index is 12.0. The summed E-state index contributed by atoms with van der Waals surface area (Å²) in [5.41, 5.74) is 1.87. The Morgan fingerprint density at radius 3 is 2.74 bits per heavy atom. The number of aromatic nitrogens is 3. The van der Waals surface area contributed by atoms with E-state index < -0.39 is 0 Å². The maximum Gasteiger partial charge on any atom is 0.234 e. The Labute approximate surface area is 140 Å². The monoisotopic (exact) mass is 335 g/mol. The third-order valence-electron chi connectivity index (χ3n) is 3.12. The fraction of sp³-hybridized carbons (Fsp3) is 0.400. The van der Waals surface area contributed by atoms with Gasteiger partial charge in [-0.2, -0.15) is 0 Å². The summed E-state index contributed by atoms with van der Waals surface area (Å²) in [4.78, 5) is 14.0. The predicted molar refractivity (Wildman–Crippen MR) is 92.0 cm³/mol. The van der Waals surface area contributed by atoms with E-state index in [0.29, 0.717) is 18.3 Å². The fourth-order valence-electron chi connectivity index (χ4n) is 1.87. The van der Waals surface area contributed by atoms with Crippen molar-refractivity contribution in [2.24, 2.45) is 0 Å². The molecule has 0 atom stereocenters. The first-order valence-corrected chi connectivity index (χ1v) is 8.15. The topological polar surface area (TPSA) is 72.3 Å². The Balaban J connectivity index is 1.84. The number of thioether (sulfide) groups is 1. The molecule has 0 aliphatic heterocycles. The highest BCUT2D eigenvalue weighted by Gasteiger charge is 2.09. The van der Waals surface area contributed by atoms with E-state index in [1.807, 2.05) is 47.8 Å². The van der Waals surface area contributed by atoms with Gasteiger partial charge in [0.1, 0.15) is 6.33 Å². The van der Waals surface area contributed by atoms with Crippen molar-refractivity contribution in [3.63, 3.8) is 0 Å². The number of ether oxygens (including phenoxy) is 1. The zero-order chi connectivity index (χ0) is 16.7. The van der Waals surface area contributed by atoms with Crippen LogP contribution in [-0.4, -0.2) is 54.2 Å². The number of nitrogens with one attached hydrogen (secondary N) is 1. The second-order valence-corrected chi connectivity index (χ2v) is 6.02. The SMILES string of the molecule is COCCn1cnnc1SCC(=O)Nc1ccc(N(C)C)cc1. The molecule has 0 bridgehead atoms. The molecule has 124 valence electrons. The van der Waals surface area contributed by atoms with Crippen LogP contribution in [0.3, 0.4) is 0 Å². The van der Waals surface area contributed by atoms with E-state index in [2.05, 4.69) is 15.5 Å². The van der Waals surface area contributed by atoms with Crippen LogP contribution in [0.15, 0.2) is 35.7 Å². The molecule has 1 aromatic heterocycles. The molecular formula is C15H21N5O2S. The molecule has 1 N–H and O–H groups in total. The summed E-state index contributed by atoms with van der Waals surface area (Å²) in [7, 11) is 5.60. The highest BCUT2D eigenvalue weighted by atomic mass is 32.2. The summed E-state index contributed by atoms with van der Waals surface area (Å²) in [6.45, 7) is 1.25. The highest BCUT2D eigenvalue weighted by Crippen LogP contribution is 2.18. The molecule has 0 fully saturated rings. The Morgan fingerprint density at radius 2 is 2.09 bits per heavy atom. The number of methoxy groups -OCH3 is 1. The van der Waals surface area contributed by atoms with E-state index in [1.54, 1.807) is 13.4 Å². The summed E-state index contributed by atoms with van der Waals surface area (Å²) in [6.07, 6.45) is 1.64. The molecule has 23 heavy (non-hydrogen) atoms. The number of carbonyl (C=O) groups excluding carboxylic acids is 1. The Bertz CT molecular complexity index is 627. The van der Waals surface area contributed by atoms with Gasteiger partial charge in [0.25, 0.3) is 0 Å². The lowest BCUT2D eigenvalue weighted by molar-refractivity contribution is -0.113. The molecule has 0 aliphatic carbocycles. The van der Waals surface area contributed by atoms with Gasteiger partial charge in [0.15, 0.2) is 5.16 Å². The molecule has 1 aromatic carbocycles. The summed E-state index contributed by atoms with van der Waals surface area (Å²) >= 11 is 1.35. The number of benzene rings is 1. The minimum atomic E-state index is -0.0751. The molecular weight excluding hydrogens is 314 g/mol. The molecule has 0 spiro atoms. The van der Waals surface area contributed by atoms with Gasteiger partial charge in [-0.1, -0.05) is 11.8 Å². The Kier molecular flexibility index (Phi) is 6.42. The minimum absolute atomic E-state index is 0.0751. The molecule has 0 radical (unpaired) electrons. The molecule has 2 rings (SSSR count). The number of amides is 1. The van der Waals surface area contributed by atoms with Crippen LogP contribution in [0.1, 0.15) is 0 Å². The van der Waals surface area contributed by atoms with Crippen molar-refractivity contribution in [2.75, 3.05) is 43.8 Å². The lowest BCUT2D eigenvalue weighted by Crippen LogP contribution is -2.15. The van der Waals surface area contributed by atoms with Crippen LogP contribution in [0.25, 0.3) is 0 Å². The Hall–Kier alpha value is -2.06. The molecule has 1 heterocycles. The average Bonchev–Trinajstić information content (AvgIpc) is 2.99. The van der Waals surface area contributed by atoms with Crippen LogP contribution >= 0.6 is 11.8 Å². The van der Waals surface area contributed by atoms with Crippen molar-refractivity contribution in [1.82, 2.24) is 14.8 Å². The number of carbonyl (C=O) groups is 1. The van der Waals surface area contributed by atoms with Crippen molar-refractivity contribution < 1.29 is 9.53 Å².